The maximum atomic E-state index is 13.4. The summed E-state index contributed by atoms with van der Waals surface area (Å²) in [6, 6.07) is 14.4. The van der Waals surface area contributed by atoms with Gasteiger partial charge in [0.15, 0.2) is 0 Å². The lowest BCUT2D eigenvalue weighted by atomic mass is 10.0. The molecule has 0 fully saturated rings. The molecule has 2 aromatic carbocycles. The fraction of sp³-hybridized carbons (Fsp3) is 0.185. The van der Waals surface area contributed by atoms with Crippen molar-refractivity contribution in [1.29, 1.82) is 0 Å². The van der Waals surface area contributed by atoms with Crippen LogP contribution in [-0.2, 0) is 11.2 Å². The molecule has 1 atom stereocenters. The molecule has 3 aromatic heterocycles. The third-order valence-electron chi connectivity index (χ3n) is 6.86. The van der Waals surface area contributed by atoms with Gasteiger partial charge in [0, 0.05) is 33.6 Å². The largest absolute Gasteiger partial charge is 0.453 e. The molecule has 39 heavy (non-hydrogen) atoms. The molecule has 6 rings (SSSR count). The lowest BCUT2D eigenvalue weighted by Crippen LogP contribution is -2.23. The monoisotopic (exact) mass is 542 g/mol. The molecule has 0 aliphatic carbocycles. The molecule has 12 heteroatoms. The quantitative estimate of drug-likeness (QED) is 0.332. The van der Waals surface area contributed by atoms with Crippen LogP contribution in [0.25, 0.3) is 28.1 Å². The molecule has 0 saturated heterocycles. The second-order valence-corrected chi connectivity index (χ2v) is 9.68. The molecular weight excluding hydrogens is 520 g/mol. The average molecular weight is 543 g/mol. The number of methoxy groups -OCH3 is 1. The van der Waals surface area contributed by atoms with Crippen LogP contribution in [0, 0.1) is 6.92 Å². The van der Waals surface area contributed by atoms with Gasteiger partial charge in [-0.15, -0.1) is 5.10 Å². The molecule has 1 aliphatic rings. The van der Waals surface area contributed by atoms with Crippen LogP contribution in [-0.4, -0.2) is 47.9 Å². The zero-order chi connectivity index (χ0) is 27.1. The summed E-state index contributed by atoms with van der Waals surface area (Å²) in [5.74, 6) is 0.715. The van der Waals surface area contributed by atoms with E-state index in [2.05, 4.69) is 35.5 Å². The number of aryl methyl sites for hydroxylation is 2. The van der Waals surface area contributed by atoms with E-state index in [1.165, 1.54) is 13.4 Å². The van der Waals surface area contributed by atoms with Crippen LogP contribution in [0.1, 0.15) is 29.5 Å². The molecule has 0 radical (unpaired) electrons. The summed E-state index contributed by atoms with van der Waals surface area (Å²) < 4.78 is 8.00. The summed E-state index contributed by atoms with van der Waals surface area (Å²) in [4.78, 5) is 33.0. The van der Waals surface area contributed by atoms with Crippen molar-refractivity contribution in [3.8, 4) is 28.1 Å². The van der Waals surface area contributed by atoms with Crippen molar-refractivity contribution >= 4 is 23.4 Å². The van der Waals surface area contributed by atoms with Crippen LogP contribution in [0.5, 0.6) is 0 Å². The summed E-state index contributed by atoms with van der Waals surface area (Å²) in [6.45, 7) is 1.95. The van der Waals surface area contributed by atoms with Crippen LogP contribution in [0.15, 0.2) is 65.8 Å². The average Bonchev–Trinajstić information content (AvgIpc) is 3.69. The number of hydrogen-bond acceptors (Lipinski definition) is 7. The van der Waals surface area contributed by atoms with E-state index in [-0.39, 0.29) is 11.6 Å². The summed E-state index contributed by atoms with van der Waals surface area (Å²) in [5, 5.41) is 14.7. The number of pyridine rings is 1. The summed E-state index contributed by atoms with van der Waals surface area (Å²) in [7, 11) is 1.32. The van der Waals surface area contributed by atoms with Gasteiger partial charge in [0.05, 0.1) is 30.7 Å². The number of anilines is 1. The zero-order valence-corrected chi connectivity index (χ0v) is 21.8. The van der Waals surface area contributed by atoms with E-state index < -0.39 is 6.09 Å². The van der Waals surface area contributed by atoms with E-state index in [1.54, 1.807) is 33.6 Å². The number of ether oxygens (including phenoxy) is 1. The third kappa shape index (κ3) is 4.57. The molecule has 11 nitrogen and oxygen atoms in total. The number of imidazole rings is 1. The minimum Gasteiger partial charge on any atom is -0.453 e. The van der Waals surface area contributed by atoms with Gasteiger partial charge in [-0.25, -0.2) is 9.78 Å². The number of tetrazole rings is 1. The van der Waals surface area contributed by atoms with Crippen molar-refractivity contribution in [2.45, 2.75) is 25.8 Å². The number of benzene rings is 2. The minimum absolute atomic E-state index is 0.125. The van der Waals surface area contributed by atoms with Gasteiger partial charge in [-0.1, -0.05) is 17.7 Å². The molecule has 0 spiro atoms. The van der Waals surface area contributed by atoms with Crippen molar-refractivity contribution in [2.24, 2.45) is 0 Å². The van der Waals surface area contributed by atoms with Gasteiger partial charge in [0.2, 0.25) is 0 Å². The first-order valence-electron chi connectivity index (χ1n) is 12.2. The number of fused-ring (bicyclic) bond motifs is 1. The maximum absolute atomic E-state index is 13.4. The van der Waals surface area contributed by atoms with Crippen LogP contribution in [0.4, 0.5) is 10.5 Å². The van der Waals surface area contributed by atoms with Crippen molar-refractivity contribution in [3.63, 3.8) is 0 Å². The first-order chi connectivity index (χ1) is 18.9. The Morgan fingerprint density at radius 3 is 2.79 bits per heavy atom. The fourth-order valence-electron chi connectivity index (χ4n) is 5.08. The number of carbonyl (C=O) groups excluding carboxylic acids is 1. The highest BCUT2D eigenvalue weighted by Crippen LogP contribution is 2.35. The predicted octanol–water partition coefficient (Wildman–Crippen LogP) is 4.56. The second-order valence-electron chi connectivity index (χ2n) is 9.24. The number of hydrogen-bond donors (Lipinski definition) is 2. The summed E-state index contributed by atoms with van der Waals surface area (Å²) in [6.07, 6.45) is 4.20. The van der Waals surface area contributed by atoms with Gasteiger partial charge in [0.25, 0.3) is 5.56 Å². The zero-order valence-electron chi connectivity index (χ0n) is 21.1. The van der Waals surface area contributed by atoms with Crippen LogP contribution < -0.4 is 10.9 Å². The van der Waals surface area contributed by atoms with Crippen molar-refractivity contribution < 1.29 is 9.53 Å². The SMILES string of the molecule is COC(=O)Nc1ccc(-c2cnc(C3CCc4cc(-c5cc(Cl)ccc5-n5cnnn5)cc(=O)n43)[nH]2)c(C)c1. The normalized spacial score (nSPS) is 14.3. The number of rotatable bonds is 5. The number of nitrogens with zero attached hydrogens (tertiary/aromatic N) is 6. The molecule has 1 amide bonds. The van der Waals surface area contributed by atoms with Gasteiger partial charge in [-0.05, 0) is 77.7 Å². The van der Waals surface area contributed by atoms with E-state index in [9.17, 15) is 9.59 Å². The van der Waals surface area contributed by atoms with Crippen LogP contribution in [0.3, 0.4) is 0 Å². The van der Waals surface area contributed by atoms with Crippen LogP contribution in [0.2, 0.25) is 5.02 Å². The van der Waals surface area contributed by atoms with E-state index in [0.717, 1.165) is 52.2 Å². The van der Waals surface area contributed by atoms with Gasteiger partial charge in [-0.2, -0.15) is 4.68 Å². The summed E-state index contributed by atoms with van der Waals surface area (Å²) >= 11 is 6.31. The van der Waals surface area contributed by atoms with Gasteiger partial charge in [-0.3, -0.25) is 10.1 Å². The highest BCUT2D eigenvalue weighted by Gasteiger charge is 2.28. The van der Waals surface area contributed by atoms with E-state index in [4.69, 9.17) is 11.6 Å². The lowest BCUT2D eigenvalue weighted by Gasteiger charge is -2.15. The number of carbonyl (C=O) groups is 1. The van der Waals surface area contributed by atoms with Gasteiger partial charge < -0.3 is 14.3 Å². The van der Waals surface area contributed by atoms with E-state index >= 15 is 0 Å². The van der Waals surface area contributed by atoms with E-state index in [1.807, 2.05) is 37.3 Å². The Morgan fingerprint density at radius 2 is 2.03 bits per heavy atom. The van der Waals surface area contributed by atoms with Crippen molar-refractivity contribution in [3.05, 3.63) is 93.5 Å². The van der Waals surface area contributed by atoms with Crippen molar-refractivity contribution in [2.75, 3.05) is 12.4 Å². The maximum Gasteiger partial charge on any atom is 0.411 e. The van der Waals surface area contributed by atoms with Gasteiger partial charge >= 0.3 is 6.09 Å². The molecule has 4 heterocycles. The smallest absolute Gasteiger partial charge is 0.411 e. The molecular formula is C27H23ClN8O3. The number of amides is 1. The highest BCUT2D eigenvalue weighted by atomic mass is 35.5. The molecule has 0 saturated carbocycles. The lowest BCUT2D eigenvalue weighted by molar-refractivity contribution is 0.187. The molecule has 1 unspecified atom stereocenters. The topological polar surface area (TPSA) is 133 Å². The van der Waals surface area contributed by atoms with Gasteiger partial charge in [0.1, 0.15) is 12.2 Å². The Hall–Kier alpha value is -4.77. The number of halogens is 1. The minimum atomic E-state index is -0.526. The first kappa shape index (κ1) is 24.6. The second kappa shape index (κ2) is 9.84. The Kier molecular flexibility index (Phi) is 6.20. The Balaban J connectivity index is 1.32. The highest BCUT2D eigenvalue weighted by molar-refractivity contribution is 6.31. The summed E-state index contributed by atoms with van der Waals surface area (Å²) in [5.41, 5.74) is 6.39. The molecule has 2 N–H and O–H groups in total. The fourth-order valence-corrected chi connectivity index (χ4v) is 5.25. The number of nitrogens with one attached hydrogen (secondary N) is 2. The van der Waals surface area contributed by atoms with E-state index in [0.29, 0.717) is 16.5 Å². The Morgan fingerprint density at radius 1 is 1.15 bits per heavy atom. The number of H-pyrrole nitrogens is 1. The van der Waals surface area contributed by atoms with Crippen molar-refractivity contribution in [1.82, 2.24) is 34.7 Å². The molecule has 1 aliphatic heterocycles. The standard InChI is InChI=1S/C27H23ClN8O3/c1-15-9-18(31-27(38)39-2)4-6-20(15)22-13-29-26(32-22)24-8-5-19-10-16(11-25(37)36(19)24)21-12-17(28)3-7-23(21)35-14-30-33-34-35/h3-4,6-7,9-14,24H,5,8H2,1-2H3,(H,29,32)(H,31,38). The number of aromatic nitrogens is 7. The predicted molar refractivity (Wildman–Crippen MR) is 145 cm³/mol. The third-order valence-corrected chi connectivity index (χ3v) is 7.09. The number of aromatic amines is 1. The Labute approximate surface area is 227 Å². The Bertz CT molecular complexity index is 1760. The molecule has 5 aromatic rings. The first-order valence-corrected chi connectivity index (χ1v) is 12.6. The van der Waals surface area contributed by atoms with Crippen LogP contribution >= 0.6 is 11.6 Å². The molecule has 196 valence electrons. The molecule has 0 bridgehead atoms.